The Bertz CT molecular complexity index is 449. The van der Waals surface area contributed by atoms with Crippen molar-refractivity contribution < 1.29 is 14.3 Å². The minimum absolute atomic E-state index is 0.0401. The third kappa shape index (κ3) is 5.43. The first-order chi connectivity index (χ1) is 8.84. The summed E-state index contributed by atoms with van der Waals surface area (Å²) in [5, 5.41) is 0. The Morgan fingerprint density at radius 1 is 1.21 bits per heavy atom. The molecule has 0 N–H and O–H groups in total. The van der Waals surface area contributed by atoms with Crippen LogP contribution in [0.3, 0.4) is 0 Å². The van der Waals surface area contributed by atoms with Gasteiger partial charge in [0.1, 0.15) is 0 Å². The third-order valence-corrected chi connectivity index (χ3v) is 3.04. The molecule has 1 rings (SSSR count). The number of halogens is 1. The minimum atomic E-state index is -0.367. The summed E-state index contributed by atoms with van der Waals surface area (Å²) in [5.41, 5.74) is 1.27. The highest BCUT2D eigenvalue weighted by molar-refractivity contribution is 6.17. The van der Waals surface area contributed by atoms with Crippen LogP contribution in [0, 0.1) is 5.41 Å². The van der Waals surface area contributed by atoms with Crippen molar-refractivity contribution in [2.24, 2.45) is 5.41 Å². The maximum atomic E-state index is 12.1. The topological polar surface area (TPSA) is 43.4 Å². The van der Waals surface area contributed by atoms with Crippen molar-refractivity contribution >= 4 is 23.4 Å². The van der Waals surface area contributed by atoms with Gasteiger partial charge in [-0.1, -0.05) is 38.1 Å². The maximum absolute atomic E-state index is 12.1. The molecular weight excluding hydrogens is 264 g/mol. The zero-order valence-corrected chi connectivity index (χ0v) is 12.3. The van der Waals surface area contributed by atoms with Gasteiger partial charge in [0.05, 0.1) is 6.61 Å². The summed E-state index contributed by atoms with van der Waals surface area (Å²) in [6.07, 6.45) is 0.334. The SMILES string of the molecule is CC(=O)OCC(C)(C)CC(=O)c1ccc(CCl)cc1. The van der Waals surface area contributed by atoms with Gasteiger partial charge in [-0.15, -0.1) is 11.6 Å². The van der Waals surface area contributed by atoms with Gasteiger partial charge in [0.15, 0.2) is 5.78 Å². The number of carbonyl (C=O) groups is 2. The predicted molar refractivity (Wildman–Crippen MR) is 75.4 cm³/mol. The second-order valence-electron chi connectivity index (χ2n) is 5.37. The van der Waals surface area contributed by atoms with E-state index in [1.54, 1.807) is 12.1 Å². The zero-order valence-electron chi connectivity index (χ0n) is 11.5. The molecule has 0 atom stereocenters. The molecule has 0 aliphatic carbocycles. The molecule has 19 heavy (non-hydrogen) atoms. The molecule has 0 radical (unpaired) electrons. The van der Waals surface area contributed by atoms with Crippen LogP contribution in [0.4, 0.5) is 0 Å². The van der Waals surface area contributed by atoms with Gasteiger partial charge in [-0.05, 0) is 5.56 Å². The number of hydrogen-bond donors (Lipinski definition) is 0. The minimum Gasteiger partial charge on any atom is -0.465 e. The van der Waals surface area contributed by atoms with Crippen molar-refractivity contribution in [2.45, 2.75) is 33.1 Å². The Morgan fingerprint density at radius 2 is 1.79 bits per heavy atom. The standard InChI is InChI=1S/C15H19ClO3/c1-11(17)19-10-15(2,3)8-14(18)13-6-4-12(9-16)5-7-13/h4-7H,8-10H2,1-3H3. The molecule has 0 saturated heterocycles. The quantitative estimate of drug-likeness (QED) is 0.455. The lowest BCUT2D eigenvalue weighted by Gasteiger charge is -2.22. The molecule has 104 valence electrons. The maximum Gasteiger partial charge on any atom is 0.302 e. The Balaban J connectivity index is 2.64. The molecule has 0 aliphatic rings. The summed E-state index contributed by atoms with van der Waals surface area (Å²) in [5.74, 6) is 0.150. The number of hydrogen-bond acceptors (Lipinski definition) is 3. The first-order valence-corrected chi connectivity index (χ1v) is 6.69. The lowest BCUT2D eigenvalue weighted by Crippen LogP contribution is -2.24. The van der Waals surface area contributed by atoms with Crippen molar-refractivity contribution in [1.82, 2.24) is 0 Å². The van der Waals surface area contributed by atoms with Gasteiger partial charge in [-0.2, -0.15) is 0 Å². The molecule has 4 heteroatoms. The molecule has 0 heterocycles. The third-order valence-electron chi connectivity index (χ3n) is 2.74. The molecular formula is C15H19ClO3. The van der Waals surface area contributed by atoms with E-state index < -0.39 is 0 Å². The van der Waals surface area contributed by atoms with Crippen molar-refractivity contribution in [3.05, 3.63) is 35.4 Å². The second-order valence-corrected chi connectivity index (χ2v) is 5.64. The summed E-state index contributed by atoms with van der Waals surface area (Å²) < 4.78 is 4.97. The van der Waals surface area contributed by atoms with Crippen LogP contribution in [-0.4, -0.2) is 18.4 Å². The molecule has 0 aliphatic heterocycles. The van der Waals surface area contributed by atoms with Crippen LogP contribution >= 0.6 is 11.6 Å². The van der Waals surface area contributed by atoms with Crippen molar-refractivity contribution in [2.75, 3.05) is 6.61 Å². The van der Waals surface area contributed by atoms with Crippen molar-refractivity contribution in [3.8, 4) is 0 Å². The lowest BCUT2D eigenvalue weighted by molar-refractivity contribution is -0.143. The van der Waals surface area contributed by atoms with Crippen LogP contribution in [0.5, 0.6) is 0 Å². The van der Waals surface area contributed by atoms with Gasteiger partial charge >= 0.3 is 5.97 Å². The number of esters is 1. The first-order valence-electron chi connectivity index (χ1n) is 6.15. The Labute approximate surface area is 118 Å². The molecule has 0 fully saturated rings. The highest BCUT2D eigenvalue weighted by atomic mass is 35.5. The Hall–Kier alpha value is -1.35. The van der Waals surface area contributed by atoms with Gasteiger partial charge in [0.25, 0.3) is 0 Å². The summed E-state index contributed by atoms with van der Waals surface area (Å²) >= 11 is 5.70. The van der Waals surface area contributed by atoms with Crippen LogP contribution in [0.1, 0.15) is 43.1 Å². The van der Waals surface area contributed by atoms with Crippen molar-refractivity contribution in [1.29, 1.82) is 0 Å². The predicted octanol–water partition coefficient (Wildman–Crippen LogP) is 3.59. The number of benzene rings is 1. The summed E-state index contributed by atoms with van der Waals surface area (Å²) in [6.45, 7) is 5.42. The van der Waals surface area contributed by atoms with Gasteiger partial charge in [0, 0.05) is 30.2 Å². The number of carbonyl (C=O) groups excluding carboxylic acids is 2. The summed E-state index contributed by atoms with van der Waals surface area (Å²) in [6, 6.07) is 7.25. The summed E-state index contributed by atoms with van der Waals surface area (Å²) in [4.78, 5) is 22.9. The molecule has 0 unspecified atom stereocenters. The van der Waals surface area contributed by atoms with Gasteiger partial charge in [-0.25, -0.2) is 0 Å². The molecule has 3 nitrogen and oxygen atoms in total. The van der Waals surface area contributed by atoms with E-state index in [9.17, 15) is 9.59 Å². The van der Waals surface area contributed by atoms with E-state index in [0.717, 1.165) is 5.56 Å². The van der Waals surface area contributed by atoms with E-state index in [0.29, 0.717) is 17.9 Å². The second kappa shape index (κ2) is 6.71. The van der Waals surface area contributed by atoms with E-state index >= 15 is 0 Å². The monoisotopic (exact) mass is 282 g/mol. The van der Waals surface area contributed by atoms with E-state index in [1.807, 2.05) is 26.0 Å². The van der Waals surface area contributed by atoms with E-state index in [1.165, 1.54) is 6.92 Å². The van der Waals surface area contributed by atoms with Crippen molar-refractivity contribution in [3.63, 3.8) is 0 Å². The number of ether oxygens (including phenoxy) is 1. The molecule has 1 aromatic carbocycles. The van der Waals surface area contributed by atoms with Gasteiger partial charge < -0.3 is 4.74 Å². The highest BCUT2D eigenvalue weighted by Crippen LogP contribution is 2.23. The fourth-order valence-corrected chi connectivity index (χ4v) is 1.84. The van der Waals surface area contributed by atoms with Crippen LogP contribution in [-0.2, 0) is 15.4 Å². The normalized spacial score (nSPS) is 11.2. The molecule has 0 saturated carbocycles. The van der Waals surface area contributed by atoms with Gasteiger partial charge in [0.2, 0.25) is 0 Å². The van der Waals surface area contributed by atoms with Crippen LogP contribution < -0.4 is 0 Å². The Kier molecular flexibility index (Phi) is 5.55. The lowest BCUT2D eigenvalue weighted by atomic mass is 9.86. The smallest absolute Gasteiger partial charge is 0.302 e. The van der Waals surface area contributed by atoms with Gasteiger partial charge in [-0.3, -0.25) is 9.59 Å². The first kappa shape index (κ1) is 15.7. The summed E-state index contributed by atoms with van der Waals surface area (Å²) in [7, 11) is 0. The zero-order chi connectivity index (χ0) is 14.5. The fraction of sp³-hybridized carbons (Fsp3) is 0.467. The van der Waals surface area contributed by atoms with Crippen LogP contribution in [0.25, 0.3) is 0 Å². The van der Waals surface area contributed by atoms with Crippen LogP contribution in [0.15, 0.2) is 24.3 Å². The number of Topliss-reactive ketones (excluding diaryl/α,β-unsaturated/α-hetero) is 1. The average Bonchev–Trinajstić information content (AvgIpc) is 2.36. The molecule has 0 spiro atoms. The molecule has 1 aromatic rings. The number of ketones is 1. The van der Waals surface area contributed by atoms with E-state index in [-0.39, 0.29) is 23.8 Å². The average molecular weight is 283 g/mol. The fourth-order valence-electron chi connectivity index (χ4n) is 1.66. The largest absolute Gasteiger partial charge is 0.465 e. The van der Waals surface area contributed by atoms with E-state index in [2.05, 4.69) is 0 Å². The highest BCUT2D eigenvalue weighted by Gasteiger charge is 2.24. The number of alkyl halides is 1. The van der Waals surface area contributed by atoms with Crippen LogP contribution in [0.2, 0.25) is 0 Å². The number of rotatable bonds is 6. The molecule has 0 bridgehead atoms. The molecule has 0 amide bonds. The van der Waals surface area contributed by atoms with E-state index in [4.69, 9.17) is 16.3 Å². The Morgan fingerprint density at radius 3 is 2.26 bits per heavy atom. The molecule has 0 aromatic heterocycles.